The molecule has 2 aliphatic rings. The van der Waals surface area contributed by atoms with E-state index in [9.17, 15) is 0 Å². The first kappa shape index (κ1) is 26.6. The number of benzene rings is 7. The number of aryl methyl sites for hydroxylation is 2. The molecule has 0 unspecified atom stereocenters. The molecule has 0 fully saturated rings. The van der Waals surface area contributed by atoms with E-state index in [1.54, 1.807) is 0 Å². The predicted molar refractivity (Wildman–Crippen MR) is 207 cm³/mol. The Balaban J connectivity index is 1.14. The lowest BCUT2D eigenvalue weighted by Gasteiger charge is -2.19. The quantitative estimate of drug-likeness (QED) is 0.173. The molecule has 1 nitrogen and oxygen atoms in total. The van der Waals surface area contributed by atoms with Gasteiger partial charge in [0.1, 0.15) is 11.3 Å². The van der Waals surface area contributed by atoms with Crippen LogP contribution in [-0.2, 0) is 12.8 Å². The second-order valence-corrected chi connectivity index (χ2v) is 14.5. The number of furan rings is 1. The maximum absolute atomic E-state index is 6.41. The SMILES string of the molecule is C1=Cc2ccc(-c3c4ccccc4c(-c4ccc5c(c4)sc4ccc6cc7c8c(oc7cc6c45)CCC=C8)c4ccccc34)cc2CC1. The highest BCUT2D eigenvalue weighted by atomic mass is 32.1. The van der Waals surface area contributed by atoms with Crippen LogP contribution in [0.2, 0.25) is 0 Å². The van der Waals surface area contributed by atoms with Crippen LogP contribution >= 0.6 is 11.3 Å². The van der Waals surface area contributed by atoms with Gasteiger partial charge < -0.3 is 4.42 Å². The number of rotatable bonds is 2. The third-order valence-electron chi connectivity index (χ3n) is 10.7. The van der Waals surface area contributed by atoms with E-state index in [0.29, 0.717) is 0 Å². The minimum absolute atomic E-state index is 0.978. The lowest BCUT2D eigenvalue weighted by molar-refractivity contribution is 0.546. The minimum Gasteiger partial charge on any atom is -0.460 e. The van der Waals surface area contributed by atoms with Gasteiger partial charge in [0.2, 0.25) is 0 Å². The van der Waals surface area contributed by atoms with Gasteiger partial charge in [-0.25, -0.2) is 0 Å². The summed E-state index contributed by atoms with van der Waals surface area (Å²) < 4.78 is 9.05. The van der Waals surface area contributed by atoms with E-state index in [0.717, 1.165) is 37.0 Å². The van der Waals surface area contributed by atoms with Gasteiger partial charge in [-0.2, -0.15) is 0 Å². The monoisotopic (exact) mass is 630 g/mol. The number of thiophene rings is 1. The van der Waals surface area contributed by atoms with Gasteiger partial charge in [0.15, 0.2) is 0 Å². The summed E-state index contributed by atoms with van der Waals surface area (Å²) in [6.07, 6.45) is 13.3. The molecule has 0 atom stereocenters. The van der Waals surface area contributed by atoms with E-state index in [4.69, 9.17) is 4.42 Å². The van der Waals surface area contributed by atoms with Gasteiger partial charge in [0, 0.05) is 37.5 Å². The first-order valence-corrected chi connectivity index (χ1v) is 17.8. The van der Waals surface area contributed by atoms with E-state index in [2.05, 4.69) is 133 Å². The van der Waals surface area contributed by atoms with Crippen molar-refractivity contribution in [1.29, 1.82) is 0 Å². The van der Waals surface area contributed by atoms with Gasteiger partial charge in [-0.15, -0.1) is 11.3 Å². The Morgan fingerprint density at radius 3 is 2.02 bits per heavy atom. The zero-order valence-corrected chi connectivity index (χ0v) is 27.2. The van der Waals surface area contributed by atoms with E-state index >= 15 is 0 Å². The van der Waals surface area contributed by atoms with Crippen molar-refractivity contribution in [2.75, 3.05) is 0 Å². The van der Waals surface area contributed by atoms with Crippen molar-refractivity contribution in [3.05, 3.63) is 144 Å². The fourth-order valence-electron chi connectivity index (χ4n) is 8.54. The number of fused-ring (bicyclic) bond motifs is 11. The van der Waals surface area contributed by atoms with Crippen LogP contribution in [0.15, 0.2) is 126 Å². The highest BCUT2D eigenvalue weighted by Gasteiger charge is 2.20. The average molecular weight is 631 g/mol. The van der Waals surface area contributed by atoms with Crippen LogP contribution in [0.25, 0.3) is 97.9 Å². The summed E-state index contributed by atoms with van der Waals surface area (Å²) in [4.78, 5) is 0. The Hall–Kier alpha value is -5.44. The van der Waals surface area contributed by atoms with Crippen molar-refractivity contribution in [3.63, 3.8) is 0 Å². The predicted octanol–water partition coefficient (Wildman–Crippen LogP) is 13.5. The summed E-state index contributed by atoms with van der Waals surface area (Å²) in [5.74, 6) is 1.12. The van der Waals surface area contributed by atoms with Crippen molar-refractivity contribution >= 4 is 86.9 Å². The molecule has 226 valence electrons. The van der Waals surface area contributed by atoms with E-state index in [1.165, 1.54) is 96.8 Å². The van der Waals surface area contributed by atoms with Gasteiger partial charge in [0.05, 0.1) is 0 Å². The maximum Gasteiger partial charge on any atom is 0.135 e. The molecule has 0 radical (unpaired) electrons. The number of hydrogen-bond donors (Lipinski definition) is 0. The zero-order valence-electron chi connectivity index (χ0n) is 26.3. The summed E-state index contributed by atoms with van der Waals surface area (Å²) in [5, 5.41) is 11.6. The van der Waals surface area contributed by atoms with E-state index in [-0.39, 0.29) is 0 Å². The fourth-order valence-corrected chi connectivity index (χ4v) is 9.70. The molecule has 0 amide bonds. The molecule has 2 aromatic heterocycles. The molecule has 0 saturated carbocycles. The van der Waals surface area contributed by atoms with Crippen molar-refractivity contribution < 1.29 is 4.42 Å². The molecular weight excluding hydrogens is 601 g/mol. The summed E-state index contributed by atoms with van der Waals surface area (Å²) in [6, 6.07) is 41.4. The standard InChI is InChI=1S/C46H30OS/c1-2-10-28-23-30(18-17-27(28)9-1)44-33-12-3-5-14-35(33)45(36-15-6-4-13-34(36)44)31-19-21-37-43(25-31)48-42-22-20-29-24-39-32-11-7-8-16-40(32)47-41(39)26-38(29)46(37)42/h1,3-7,9,11-15,17-26H,2,8,10,16H2. The van der Waals surface area contributed by atoms with Gasteiger partial charge in [-0.1, -0.05) is 109 Å². The minimum atomic E-state index is 0.978. The van der Waals surface area contributed by atoms with Crippen molar-refractivity contribution in [3.8, 4) is 22.3 Å². The molecule has 0 aliphatic heterocycles. The Bertz CT molecular complexity index is 2830. The van der Waals surface area contributed by atoms with Crippen LogP contribution in [0, 0.1) is 0 Å². The van der Waals surface area contributed by atoms with E-state index in [1.807, 2.05) is 11.3 Å². The Kier molecular flexibility index (Phi) is 5.56. The molecule has 0 saturated heterocycles. The van der Waals surface area contributed by atoms with Crippen LogP contribution in [0.3, 0.4) is 0 Å². The zero-order chi connectivity index (χ0) is 31.3. The van der Waals surface area contributed by atoms with E-state index < -0.39 is 0 Å². The summed E-state index contributed by atoms with van der Waals surface area (Å²) >= 11 is 1.89. The smallest absolute Gasteiger partial charge is 0.135 e. The van der Waals surface area contributed by atoms with Gasteiger partial charge in [0.25, 0.3) is 0 Å². The highest BCUT2D eigenvalue weighted by Crippen LogP contribution is 2.47. The van der Waals surface area contributed by atoms with Crippen LogP contribution in [0.1, 0.15) is 35.3 Å². The van der Waals surface area contributed by atoms with Crippen molar-refractivity contribution in [2.45, 2.75) is 25.7 Å². The Morgan fingerprint density at radius 2 is 1.23 bits per heavy atom. The third kappa shape index (κ3) is 3.78. The summed E-state index contributed by atoms with van der Waals surface area (Å²) in [5.41, 5.74) is 10.3. The van der Waals surface area contributed by atoms with Crippen molar-refractivity contribution in [1.82, 2.24) is 0 Å². The first-order chi connectivity index (χ1) is 23.8. The first-order valence-electron chi connectivity index (χ1n) is 17.0. The lowest BCUT2D eigenvalue weighted by atomic mass is 9.84. The average Bonchev–Trinajstić information content (AvgIpc) is 3.70. The summed E-state index contributed by atoms with van der Waals surface area (Å²) in [7, 11) is 0. The van der Waals surface area contributed by atoms with Gasteiger partial charge in [-0.05, 0) is 109 Å². The van der Waals surface area contributed by atoms with Crippen LogP contribution < -0.4 is 0 Å². The fraction of sp³-hybridized carbons (Fsp3) is 0.0870. The molecule has 0 bridgehead atoms. The molecule has 7 aromatic carbocycles. The van der Waals surface area contributed by atoms with Gasteiger partial charge in [-0.3, -0.25) is 0 Å². The molecular formula is C46H30OS. The second-order valence-electron chi connectivity index (χ2n) is 13.4. The molecule has 0 N–H and O–H groups in total. The van der Waals surface area contributed by atoms with Crippen LogP contribution in [-0.4, -0.2) is 0 Å². The lowest BCUT2D eigenvalue weighted by Crippen LogP contribution is -1.96. The molecule has 2 heterocycles. The molecule has 48 heavy (non-hydrogen) atoms. The molecule has 2 aliphatic carbocycles. The Labute approximate surface area is 282 Å². The maximum atomic E-state index is 6.41. The largest absolute Gasteiger partial charge is 0.460 e. The van der Waals surface area contributed by atoms with Crippen molar-refractivity contribution in [2.24, 2.45) is 0 Å². The Morgan fingerprint density at radius 1 is 0.521 bits per heavy atom. The molecule has 0 spiro atoms. The topological polar surface area (TPSA) is 13.1 Å². The second kappa shape index (κ2) is 10.0. The molecule has 11 rings (SSSR count). The van der Waals surface area contributed by atoms with Crippen LogP contribution in [0.5, 0.6) is 0 Å². The van der Waals surface area contributed by atoms with Crippen LogP contribution in [0.4, 0.5) is 0 Å². The molecule has 2 heteroatoms. The highest BCUT2D eigenvalue weighted by molar-refractivity contribution is 7.26. The number of allylic oxidation sites excluding steroid dienone is 2. The summed E-state index contributed by atoms with van der Waals surface area (Å²) in [6.45, 7) is 0. The normalized spacial score (nSPS) is 14.2. The third-order valence-corrected chi connectivity index (χ3v) is 11.8. The molecule has 9 aromatic rings. The van der Waals surface area contributed by atoms with Gasteiger partial charge >= 0.3 is 0 Å². The number of hydrogen-bond acceptors (Lipinski definition) is 2.